The van der Waals surface area contributed by atoms with Crippen LogP contribution in [0.2, 0.25) is 0 Å². The van der Waals surface area contributed by atoms with E-state index in [1.807, 2.05) is 19.1 Å². The van der Waals surface area contributed by atoms with Gasteiger partial charge < -0.3 is 10.3 Å². The number of benzene rings is 1. The van der Waals surface area contributed by atoms with Crippen LogP contribution < -0.4 is 10.9 Å². The third kappa shape index (κ3) is 5.58. The fourth-order valence-corrected chi connectivity index (χ4v) is 4.21. The zero-order chi connectivity index (χ0) is 21.6. The van der Waals surface area contributed by atoms with E-state index in [-0.39, 0.29) is 5.56 Å². The van der Waals surface area contributed by atoms with Gasteiger partial charge in [-0.15, -0.1) is 0 Å². The number of aromatic nitrogens is 3. The van der Waals surface area contributed by atoms with Crippen LogP contribution in [0.1, 0.15) is 43.5 Å². The number of nitrogens with zero attached hydrogens (tertiary/aromatic N) is 3. The second-order valence-corrected chi connectivity index (χ2v) is 8.48. The van der Waals surface area contributed by atoms with Gasteiger partial charge in [0.25, 0.3) is 5.56 Å². The Morgan fingerprint density at radius 3 is 2.77 bits per heavy atom. The topological polar surface area (TPSA) is 73.9 Å². The van der Waals surface area contributed by atoms with Crippen molar-refractivity contribution in [2.75, 3.05) is 18.4 Å². The first-order valence-corrected chi connectivity index (χ1v) is 11.2. The van der Waals surface area contributed by atoms with Crippen molar-refractivity contribution in [3.05, 3.63) is 75.8 Å². The maximum absolute atomic E-state index is 11.8. The van der Waals surface area contributed by atoms with Crippen LogP contribution in [0.5, 0.6) is 0 Å². The Labute approximate surface area is 183 Å². The van der Waals surface area contributed by atoms with Crippen molar-refractivity contribution in [3.63, 3.8) is 0 Å². The number of pyridine rings is 1. The van der Waals surface area contributed by atoms with Crippen LogP contribution in [0.4, 0.5) is 5.82 Å². The number of hydrogen-bond acceptors (Lipinski definition) is 5. The molecule has 0 saturated carbocycles. The summed E-state index contributed by atoms with van der Waals surface area (Å²) < 4.78 is 0. The molecule has 1 atom stereocenters. The van der Waals surface area contributed by atoms with Gasteiger partial charge >= 0.3 is 0 Å². The fourth-order valence-electron chi connectivity index (χ4n) is 4.21. The van der Waals surface area contributed by atoms with E-state index in [0.717, 1.165) is 42.5 Å². The summed E-state index contributed by atoms with van der Waals surface area (Å²) in [5.41, 5.74) is 4.12. The number of nitrogens with one attached hydrogen (secondary N) is 2. The average Bonchev–Trinajstić information content (AvgIpc) is 2.78. The van der Waals surface area contributed by atoms with E-state index in [1.165, 1.54) is 43.1 Å². The largest absolute Gasteiger partial charge is 0.366 e. The van der Waals surface area contributed by atoms with E-state index in [9.17, 15) is 4.79 Å². The number of aromatic amines is 1. The molecule has 0 amide bonds. The highest BCUT2D eigenvalue weighted by Crippen LogP contribution is 2.20. The molecule has 0 aliphatic carbocycles. The summed E-state index contributed by atoms with van der Waals surface area (Å²) in [7, 11) is 0. The molecular weight excluding hydrogens is 386 g/mol. The molecule has 1 aliphatic rings. The number of aryl methyl sites for hydroxylation is 1. The van der Waals surface area contributed by atoms with E-state index < -0.39 is 0 Å². The fraction of sp³-hybridized carbons (Fsp3) is 0.400. The molecule has 6 heteroatoms. The van der Waals surface area contributed by atoms with Crippen LogP contribution in [0.25, 0.3) is 11.4 Å². The van der Waals surface area contributed by atoms with Gasteiger partial charge in [-0.2, -0.15) is 0 Å². The van der Waals surface area contributed by atoms with Gasteiger partial charge in [0, 0.05) is 43.2 Å². The molecule has 1 aromatic carbocycles. The molecule has 0 bridgehead atoms. The Morgan fingerprint density at radius 2 is 2.03 bits per heavy atom. The molecule has 2 N–H and O–H groups in total. The lowest BCUT2D eigenvalue weighted by Crippen LogP contribution is -2.34. The number of anilines is 1. The highest BCUT2D eigenvalue weighted by atomic mass is 16.1. The van der Waals surface area contributed by atoms with E-state index in [2.05, 4.69) is 56.4 Å². The predicted molar refractivity (Wildman–Crippen MR) is 125 cm³/mol. The second kappa shape index (κ2) is 9.88. The normalized spacial score (nSPS) is 16.9. The Hall–Kier alpha value is -2.99. The van der Waals surface area contributed by atoms with E-state index in [4.69, 9.17) is 0 Å². The summed E-state index contributed by atoms with van der Waals surface area (Å²) in [5.74, 6) is 2.15. The van der Waals surface area contributed by atoms with E-state index in [1.54, 1.807) is 6.20 Å². The zero-order valence-electron chi connectivity index (χ0n) is 18.4. The minimum atomic E-state index is -0.135. The molecule has 4 rings (SSSR count). The quantitative estimate of drug-likeness (QED) is 0.602. The van der Waals surface area contributed by atoms with Crippen molar-refractivity contribution < 1.29 is 0 Å². The van der Waals surface area contributed by atoms with Gasteiger partial charge in [0.1, 0.15) is 11.6 Å². The Balaban J connectivity index is 1.42. The Morgan fingerprint density at radius 1 is 1.19 bits per heavy atom. The standard InChI is InChI=1S/C25H31N5O/c1-3-22-13-24(31)29-25(28-22)20-10-11-23(27-15-20)26-14-19-8-4-5-9-21(19)17-30-12-6-7-18(2)16-30/h4-5,8-11,13,15,18H,3,6-7,12,14,16-17H2,1-2H3,(H,26,27)(H,28,29,31). The van der Waals surface area contributed by atoms with Crippen LogP contribution in [0.15, 0.2) is 53.5 Å². The van der Waals surface area contributed by atoms with Crippen molar-refractivity contribution in [3.8, 4) is 11.4 Å². The van der Waals surface area contributed by atoms with Gasteiger partial charge in [-0.25, -0.2) is 9.97 Å². The highest BCUT2D eigenvalue weighted by Gasteiger charge is 2.17. The number of likely N-dealkylation sites (tertiary alicyclic amines) is 1. The van der Waals surface area contributed by atoms with Gasteiger partial charge in [-0.3, -0.25) is 9.69 Å². The first-order chi connectivity index (χ1) is 15.1. The maximum Gasteiger partial charge on any atom is 0.251 e. The summed E-state index contributed by atoms with van der Waals surface area (Å²) >= 11 is 0. The van der Waals surface area contributed by atoms with Crippen LogP contribution in [-0.2, 0) is 19.5 Å². The van der Waals surface area contributed by atoms with Crippen LogP contribution in [0, 0.1) is 5.92 Å². The lowest BCUT2D eigenvalue weighted by atomic mass is 9.99. The molecular formula is C25H31N5O. The summed E-state index contributed by atoms with van der Waals surface area (Å²) in [6.07, 6.45) is 5.10. The summed E-state index contributed by atoms with van der Waals surface area (Å²) in [4.78, 5) is 26.2. The third-order valence-corrected chi connectivity index (χ3v) is 5.91. The molecule has 3 heterocycles. The van der Waals surface area contributed by atoms with Gasteiger partial charge in [0.15, 0.2) is 0 Å². The highest BCUT2D eigenvalue weighted by molar-refractivity contribution is 5.56. The predicted octanol–water partition coefficient (Wildman–Crippen LogP) is 4.24. The molecule has 1 aliphatic heterocycles. The Kier molecular flexibility index (Phi) is 6.77. The minimum absolute atomic E-state index is 0.135. The average molecular weight is 418 g/mol. The monoisotopic (exact) mass is 417 g/mol. The van der Waals surface area contributed by atoms with Gasteiger partial charge in [-0.05, 0) is 55.0 Å². The van der Waals surface area contributed by atoms with Crippen molar-refractivity contribution in [1.29, 1.82) is 0 Å². The van der Waals surface area contributed by atoms with Crippen LogP contribution >= 0.6 is 0 Å². The lowest BCUT2D eigenvalue weighted by molar-refractivity contribution is 0.176. The van der Waals surface area contributed by atoms with Crippen LogP contribution in [-0.4, -0.2) is 32.9 Å². The van der Waals surface area contributed by atoms with Gasteiger partial charge in [0.2, 0.25) is 0 Å². The summed E-state index contributed by atoms with van der Waals surface area (Å²) in [5, 5.41) is 3.44. The van der Waals surface area contributed by atoms with E-state index in [0.29, 0.717) is 5.82 Å². The molecule has 3 aromatic rings. The summed E-state index contributed by atoms with van der Waals surface area (Å²) in [6.45, 7) is 8.43. The summed E-state index contributed by atoms with van der Waals surface area (Å²) in [6, 6.07) is 14.0. The van der Waals surface area contributed by atoms with E-state index >= 15 is 0 Å². The van der Waals surface area contributed by atoms with Gasteiger partial charge in [0.05, 0.1) is 0 Å². The number of rotatable bonds is 7. The van der Waals surface area contributed by atoms with Crippen molar-refractivity contribution in [2.24, 2.45) is 5.92 Å². The zero-order valence-corrected chi connectivity index (χ0v) is 18.4. The Bertz CT molecular complexity index is 1060. The maximum atomic E-state index is 11.8. The number of hydrogen-bond donors (Lipinski definition) is 2. The molecule has 2 aromatic heterocycles. The molecule has 162 valence electrons. The van der Waals surface area contributed by atoms with Crippen molar-refractivity contribution in [2.45, 2.75) is 46.2 Å². The number of piperidine rings is 1. The molecule has 6 nitrogen and oxygen atoms in total. The molecule has 1 unspecified atom stereocenters. The lowest BCUT2D eigenvalue weighted by Gasteiger charge is -2.31. The molecule has 31 heavy (non-hydrogen) atoms. The first kappa shape index (κ1) is 21.2. The smallest absolute Gasteiger partial charge is 0.251 e. The van der Waals surface area contributed by atoms with Crippen molar-refractivity contribution >= 4 is 5.82 Å². The third-order valence-electron chi connectivity index (χ3n) is 5.91. The molecule has 0 radical (unpaired) electrons. The first-order valence-electron chi connectivity index (χ1n) is 11.2. The second-order valence-electron chi connectivity index (χ2n) is 8.48. The van der Waals surface area contributed by atoms with Gasteiger partial charge in [-0.1, -0.05) is 38.1 Å². The van der Waals surface area contributed by atoms with Crippen LogP contribution in [0.3, 0.4) is 0 Å². The minimum Gasteiger partial charge on any atom is -0.366 e. The number of H-pyrrole nitrogens is 1. The molecule has 1 saturated heterocycles. The molecule has 1 fully saturated rings. The molecule has 0 spiro atoms. The SMILES string of the molecule is CCc1cc(=O)[nH]c(-c2ccc(NCc3ccccc3CN3CCCC(C)C3)nc2)n1. The van der Waals surface area contributed by atoms with Crippen molar-refractivity contribution in [1.82, 2.24) is 19.9 Å².